The van der Waals surface area contributed by atoms with Crippen LogP contribution in [0.4, 0.5) is 14.6 Å². The average molecular weight is 255 g/mol. The van der Waals surface area contributed by atoms with Crippen LogP contribution in [0.5, 0.6) is 0 Å². The molecule has 1 fully saturated rings. The molecule has 100 valence electrons. The van der Waals surface area contributed by atoms with E-state index < -0.39 is 0 Å². The van der Waals surface area contributed by atoms with Gasteiger partial charge >= 0.3 is 0 Å². The number of nitrogens with zero attached hydrogens (tertiary/aromatic N) is 3. The number of hydrogen-bond acceptors (Lipinski definition) is 3. The summed E-state index contributed by atoms with van der Waals surface area (Å²) < 4.78 is 27.0. The molecular formula is C13H19F2N3. The lowest BCUT2D eigenvalue weighted by atomic mass is 9.99. The Hall–Kier alpha value is -1.26. The predicted molar refractivity (Wildman–Crippen MR) is 67.0 cm³/mol. The Morgan fingerprint density at radius 1 is 1.44 bits per heavy atom. The minimum Gasteiger partial charge on any atom is -0.354 e. The van der Waals surface area contributed by atoms with Gasteiger partial charge < -0.3 is 4.90 Å². The minimum atomic E-state index is -0.355. The minimum absolute atomic E-state index is 0.00406. The van der Waals surface area contributed by atoms with Crippen LogP contribution in [-0.2, 0) is 0 Å². The molecule has 0 N–H and O–H groups in total. The molecular weight excluding hydrogens is 236 g/mol. The van der Waals surface area contributed by atoms with Gasteiger partial charge in [-0.05, 0) is 18.8 Å². The molecule has 1 aliphatic rings. The second-order valence-corrected chi connectivity index (χ2v) is 5.16. The van der Waals surface area contributed by atoms with E-state index in [4.69, 9.17) is 0 Å². The van der Waals surface area contributed by atoms with Crippen molar-refractivity contribution in [2.24, 2.45) is 5.92 Å². The second kappa shape index (κ2) is 5.59. The van der Waals surface area contributed by atoms with Crippen molar-refractivity contribution >= 4 is 5.82 Å². The molecule has 3 nitrogen and oxygen atoms in total. The summed E-state index contributed by atoms with van der Waals surface area (Å²) in [5.74, 6) is -0.0111. The van der Waals surface area contributed by atoms with E-state index >= 15 is 0 Å². The predicted octanol–water partition coefficient (Wildman–Crippen LogP) is 2.93. The topological polar surface area (TPSA) is 29.0 Å². The molecule has 18 heavy (non-hydrogen) atoms. The van der Waals surface area contributed by atoms with Gasteiger partial charge in [0.05, 0.1) is 12.4 Å². The van der Waals surface area contributed by atoms with Crippen LogP contribution in [0, 0.1) is 11.7 Å². The lowest BCUT2D eigenvalue weighted by Crippen LogP contribution is -2.37. The number of aromatic nitrogens is 2. The second-order valence-electron chi connectivity index (χ2n) is 5.16. The molecule has 0 radical (unpaired) electrons. The molecule has 0 spiro atoms. The molecule has 1 saturated heterocycles. The van der Waals surface area contributed by atoms with Crippen LogP contribution in [0.1, 0.15) is 38.3 Å². The zero-order chi connectivity index (χ0) is 13.1. The molecule has 1 atom stereocenters. The summed E-state index contributed by atoms with van der Waals surface area (Å²) >= 11 is 0. The fourth-order valence-electron chi connectivity index (χ4n) is 2.38. The van der Waals surface area contributed by atoms with E-state index in [1.807, 2.05) is 18.7 Å². The van der Waals surface area contributed by atoms with E-state index in [1.54, 1.807) is 0 Å². The zero-order valence-electron chi connectivity index (χ0n) is 10.9. The standard InChI is InChI=1S/C13H19F2N3/c1-9(2)12-11(15)13(17-8-16-12)18-5-3-4-10(6-14)7-18/h8-10H,3-7H2,1-2H3. The lowest BCUT2D eigenvalue weighted by Gasteiger charge is -2.32. The summed E-state index contributed by atoms with van der Waals surface area (Å²) in [7, 11) is 0. The molecule has 0 bridgehead atoms. The molecule has 0 amide bonds. The van der Waals surface area contributed by atoms with Gasteiger partial charge in [0, 0.05) is 19.0 Å². The fourth-order valence-corrected chi connectivity index (χ4v) is 2.38. The summed E-state index contributed by atoms with van der Waals surface area (Å²) in [4.78, 5) is 9.86. The van der Waals surface area contributed by atoms with Crippen LogP contribution >= 0.6 is 0 Å². The smallest absolute Gasteiger partial charge is 0.187 e. The Bertz CT molecular complexity index is 409. The summed E-state index contributed by atoms with van der Waals surface area (Å²) in [5.41, 5.74) is 0.433. The van der Waals surface area contributed by atoms with E-state index in [0.717, 1.165) is 19.4 Å². The summed E-state index contributed by atoms with van der Waals surface area (Å²) in [6, 6.07) is 0. The number of halogens is 2. The van der Waals surface area contributed by atoms with Crippen molar-refractivity contribution < 1.29 is 8.78 Å². The van der Waals surface area contributed by atoms with E-state index in [2.05, 4.69) is 9.97 Å². The number of anilines is 1. The molecule has 0 aliphatic carbocycles. The highest BCUT2D eigenvalue weighted by atomic mass is 19.1. The first-order chi connectivity index (χ1) is 8.63. The Morgan fingerprint density at radius 2 is 2.22 bits per heavy atom. The molecule has 2 heterocycles. The first-order valence-electron chi connectivity index (χ1n) is 6.44. The third kappa shape index (κ3) is 2.60. The van der Waals surface area contributed by atoms with Crippen LogP contribution in [0.15, 0.2) is 6.33 Å². The lowest BCUT2D eigenvalue weighted by molar-refractivity contribution is 0.314. The SMILES string of the molecule is CC(C)c1ncnc(N2CCCC(CF)C2)c1F. The van der Waals surface area contributed by atoms with E-state index in [-0.39, 0.29) is 24.3 Å². The normalized spacial score (nSPS) is 20.5. The van der Waals surface area contributed by atoms with Gasteiger partial charge in [-0.2, -0.15) is 0 Å². The van der Waals surface area contributed by atoms with Crippen LogP contribution in [0.2, 0.25) is 0 Å². The first-order valence-corrected chi connectivity index (χ1v) is 6.44. The molecule has 1 aliphatic heterocycles. The van der Waals surface area contributed by atoms with Crippen molar-refractivity contribution in [3.05, 3.63) is 17.8 Å². The van der Waals surface area contributed by atoms with E-state index in [0.29, 0.717) is 18.1 Å². The third-order valence-corrected chi connectivity index (χ3v) is 3.38. The maximum atomic E-state index is 14.3. The Morgan fingerprint density at radius 3 is 2.89 bits per heavy atom. The number of piperidine rings is 1. The molecule has 1 aromatic rings. The van der Waals surface area contributed by atoms with Gasteiger partial charge in [-0.15, -0.1) is 0 Å². The van der Waals surface area contributed by atoms with Crippen LogP contribution in [0.3, 0.4) is 0 Å². The quantitative estimate of drug-likeness (QED) is 0.831. The van der Waals surface area contributed by atoms with Gasteiger partial charge in [-0.3, -0.25) is 4.39 Å². The van der Waals surface area contributed by atoms with E-state index in [1.165, 1.54) is 6.33 Å². The maximum Gasteiger partial charge on any atom is 0.187 e. The maximum absolute atomic E-state index is 14.3. The molecule has 0 aromatic carbocycles. The van der Waals surface area contributed by atoms with E-state index in [9.17, 15) is 8.78 Å². The summed E-state index contributed by atoms with van der Waals surface area (Å²) in [6.07, 6.45) is 3.15. The Kier molecular flexibility index (Phi) is 4.09. The van der Waals surface area contributed by atoms with Crippen molar-refractivity contribution in [2.45, 2.75) is 32.6 Å². The van der Waals surface area contributed by atoms with Gasteiger partial charge in [0.2, 0.25) is 0 Å². The molecule has 1 aromatic heterocycles. The van der Waals surface area contributed by atoms with Crippen molar-refractivity contribution in [3.63, 3.8) is 0 Å². The Balaban J connectivity index is 2.25. The van der Waals surface area contributed by atoms with Gasteiger partial charge in [-0.25, -0.2) is 14.4 Å². The van der Waals surface area contributed by atoms with Gasteiger partial charge in [0.15, 0.2) is 11.6 Å². The van der Waals surface area contributed by atoms with Crippen LogP contribution in [0.25, 0.3) is 0 Å². The molecule has 2 rings (SSSR count). The Labute approximate surface area is 106 Å². The van der Waals surface area contributed by atoms with Crippen molar-refractivity contribution in [1.29, 1.82) is 0 Å². The van der Waals surface area contributed by atoms with Gasteiger partial charge in [-0.1, -0.05) is 13.8 Å². The summed E-state index contributed by atoms with van der Waals surface area (Å²) in [6.45, 7) is 4.73. The van der Waals surface area contributed by atoms with Crippen molar-refractivity contribution in [1.82, 2.24) is 9.97 Å². The van der Waals surface area contributed by atoms with Gasteiger partial charge in [0.25, 0.3) is 0 Å². The average Bonchev–Trinajstić information content (AvgIpc) is 2.38. The van der Waals surface area contributed by atoms with Crippen LogP contribution in [-0.4, -0.2) is 29.7 Å². The zero-order valence-corrected chi connectivity index (χ0v) is 10.9. The monoisotopic (exact) mass is 255 g/mol. The number of alkyl halides is 1. The van der Waals surface area contributed by atoms with Crippen LogP contribution < -0.4 is 4.90 Å². The summed E-state index contributed by atoms with van der Waals surface area (Å²) in [5, 5.41) is 0. The fraction of sp³-hybridized carbons (Fsp3) is 0.692. The van der Waals surface area contributed by atoms with Gasteiger partial charge in [0.1, 0.15) is 6.33 Å². The number of rotatable bonds is 3. The highest BCUT2D eigenvalue weighted by molar-refractivity contribution is 5.42. The third-order valence-electron chi connectivity index (χ3n) is 3.38. The van der Waals surface area contributed by atoms with Crippen molar-refractivity contribution in [2.75, 3.05) is 24.7 Å². The highest BCUT2D eigenvalue weighted by Gasteiger charge is 2.24. The molecule has 5 heteroatoms. The van der Waals surface area contributed by atoms with Crippen molar-refractivity contribution in [3.8, 4) is 0 Å². The molecule has 0 saturated carbocycles. The largest absolute Gasteiger partial charge is 0.354 e. The highest BCUT2D eigenvalue weighted by Crippen LogP contribution is 2.27. The first kappa shape index (κ1) is 13.2. The molecule has 1 unspecified atom stereocenters. The number of hydrogen-bond donors (Lipinski definition) is 0.